The average molecular weight is 257 g/mol. The number of nitrogens with two attached hydrogens (primary N) is 1. The maximum atomic E-state index is 6.06. The predicted octanol–water partition coefficient (Wildman–Crippen LogP) is 3.18. The molecule has 0 aliphatic heterocycles. The first-order valence-corrected chi connectivity index (χ1v) is 6.69. The summed E-state index contributed by atoms with van der Waals surface area (Å²) in [5, 5.41) is 7.31. The van der Waals surface area contributed by atoms with Crippen molar-refractivity contribution in [2.45, 2.75) is 25.7 Å². The highest BCUT2D eigenvalue weighted by atomic mass is 16.5. The lowest BCUT2D eigenvalue weighted by Gasteiger charge is -2.13. The highest BCUT2D eigenvalue weighted by molar-refractivity contribution is 5.81. The number of H-pyrrole nitrogens is 1. The molecule has 1 saturated carbocycles. The number of para-hydroxylation sites is 1. The molecule has 1 heterocycles. The fourth-order valence-electron chi connectivity index (χ4n) is 2.67. The van der Waals surface area contributed by atoms with E-state index in [1.165, 1.54) is 12.8 Å². The third-order valence-corrected chi connectivity index (χ3v) is 3.98. The normalized spacial score (nSPS) is 16.3. The molecule has 1 aromatic heterocycles. The highest BCUT2D eigenvalue weighted by Gasteiger charge is 2.32. The van der Waals surface area contributed by atoms with Crippen LogP contribution in [0.25, 0.3) is 11.1 Å². The minimum atomic E-state index is 0.463. The van der Waals surface area contributed by atoms with Gasteiger partial charge in [-0.3, -0.25) is 5.10 Å². The molecule has 3 N–H and O–H groups in total. The standard InChI is InChI=1S/C15H19N3O/c1-9(10-7-8-10)14-13(15(16)18-17-14)11-5-3-4-6-12(11)19-2/h3-6,9-10H,7-8H2,1-2H3,(H3,16,17,18). The Morgan fingerprint density at radius 3 is 2.79 bits per heavy atom. The second kappa shape index (κ2) is 4.61. The second-order valence-electron chi connectivity index (χ2n) is 5.22. The fourth-order valence-corrected chi connectivity index (χ4v) is 2.67. The Kier molecular flexibility index (Phi) is 2.93. The molecule has 1 aromatic carbocycles. The predicted molar refractivity (Wildman–Crippen MR) is 76.1 cm³/mol. The van der Waals surface area contributed by atoms with Gasteiger partial charge >= 0.3 is 0 Å². The van der Waals surface area contributed by atoms with Crippen LogP contribution in [0, 0.1) is 5.92 Å². The molecule has 100 valence electrons. The van der Waals surface area contributed by atoms with Crippen molar-refractivity contribution in [1.29, 1.82) is 0 Å². The molecule has 1 aliphatic rings. The van der Waals surface area contributed by atoms with Crippen molar-refractivity contribution >= 4 is 5.82 Å². The smallest absolute Gasteiger partial charge is 0.153 e. The van der Waals surface area contributed by atoms with Gasteiger partial charge in [0.2, 0.25) is 0 Å². The van der Waals surface area contributed by atoms with Gasteiger partial charge in [-0.1, -0.05) is 25.1 Å². The molecule has 0 radical (unpaired) electrons. The third-order valence-electron chi connectivity index (χ3n) is 3.98. The van der Waals surface area contributed by atoms with Gasteiger partial charge in [-0.2, -0.15) is 5.10 Å². The van der Waals surface area contributed by atoms with E-state index in [-0.39, 0.29) is 0 Å². The van der Waals surface area contributed by atoms with Crippen LogP contribution in [0.15, 0.2) is 24.3 Å². The maximum Gasteiger partial charge on any atom is 0.153 e. The van der Waals surface area contributed by atoms with Gasteiger partial charge in [-0.25, -0.2) is 0 Å². The largest absolute Gasteiger partial charge is 0.496 e. The molecule has 1 atom stereocenters. The van der Waals surface area contributed by atoms with Crippen LogP contribution in [-0.4, -0.2) is 17.3 Å². The fraction of sp³-hybridized carbons (Fsp3) is 0.400. The molecule has 1 aliphatic carbocycles. The van der Waals surface area contributed by atoms with E-state index in [0.717, 1.165) is 28.5 Å². The van der Waals surface area contributed by atoms with Crippen LogP contribution in [0.4, 0.5) is 5.82 Å². The van der Waals surface area contributed by atoms with Gasteiger partial charge in [0.1, 0.15) is 5.75 Å². The molecule has 1 fully saturated rings. The van der Waals surface area contributed by atoms with E-state index in [9.17, 15) is 0 Å². The Morgan fingerprint density at radius 2 is 2.11 bits per heavy atom. The number of hydrogen-bond donors (Lipinski definition) is 2. The number of rotatable bonds is 4. The van der Waals surface area contributed by atoms with Gasteiger partial charge in [-0.15, -0.1) is 0 Å². The summed E-state index contributed by atoms with van der Waals surface area (Å²) in [6.07, 6.45) is 2.59. The first kappa shape index (κ1) is 12.1. The summed E-state index contributed by atoms with van der Waals surface area (Å²) in [5.74, 6) is 2.60. The van der Waals surface area contributed by atoms with Gasteiger partial charge in [0.05, 0.1) is 12.7 Å². The third kappa shape index (κ3) is 2.07. The van der Waals surface area contributed by atoms with Crippen LogP contribution < -0.4 is 10.5 Å². The first-order chi connectivity index (χ1) is 9.22. The summed E-state index contributed by atoms with van der Waals surface area (Å²) in [5.41, 5.74) is 9.20. The van der Waals surface area contributed by atoms with Crippen molar-refractivity contribution in [2.24, 2.45) is 5.92 Å². The minimum Gasteiger partial charge on any atom is -0.496 e. The summed E-state index contributed by atoms with van der Waals surface area (Å²) in [7, 11) is 1.68. The van der Waals surface area contributed by atoms with Crippen LogP contribution in [0.1, 0.15) is 31.4 Å². The molecule has 19 heavy (non-hydrogen) atoms. The van der Waals surface area contributed by atoms with Crippen molar-refractivity contribution in [1.82, 2.24) is 10.2 Å². The number of anilines is 1. The van der Waals surface area contributed by atoms with Crippen molar-refractivity contribution in [3.63, 3.8) is 0 Å². The molecule has 4 nitrogen and oxygen atoms in total. The van der Waals surface area contributed by atoms with Crippen molar-refractivity contribution < 1.29 is 4.74 Å². The molecular formula is C15H19N3O. The van der Waals surface area contributed by atoms with Crippen molar-refractivity contribution in [3.8, 4) is 16.9 Å². The molecular weight excluding hydrogens is 238 g/mol. The van der Waals surface area contributed by atoms with Crippen LogP contribution in [-0.2, 0) is 0 Å². The van der Waals surface area contributed by atoms with Gasteiger partial charge in [0.25, 0.3) is 0 Å². The monoisotopic (exact) mass is 257 g/mol. The number of nitrogens with zero attached hydrogens (tertiary/aromatic N) is 1. The van der Waals surface area contributed by atoms with Crippen molar-refractivity contribution in [3.05, 3.63) is 30.0 Å². The Morgan fingerprint density at radius 1 is 1.37 bits per heavy atom. The summed E-state index contributed by atoms with van der Waals surface area (Å²) in [4.78, 5) is 0. The number of hydrogen-bond acceptors (Lipinski definition) is 3. The van der Waals surface area contributed by atoms with Crippen molar-refractivity contribution in [2.75, 3.05) is 12.8 Å². The van der Waals surface area contributed by atoms with E-state index < -0.39 is 0 Å². The molecule has 0 saturated heterocycles. The Balaban J connectivity index is 2.10. The van der Waals surface area contributed by atoms with E-state index in [1.54, 1.807) is 7.11 Å². The van der Waals surface area contributed by atoms with E-state index >= 15 is 0 Å². The molecule has 1 unspecified atom stereocenters. The summed E-state index contributed by atoms with van der Waals surface area (Å²) in [6, 6.07) is 7.94. The Labute approximate surface area is 113 Å². The van der Waals surface area contributed by atoms with Gasteiger partial charge < -0.3 is 10.5 Å². The number of aromatic nitrogens is 2. The lowest BCUT2D eigenvalue weighted by molar-refractivity contribution is 0.416. The zero-order chi connectivity index (χ0) is 13.4. The molecule has 0 spiro atoms. The highest BCUT2D eigenvalue weighted by Crippen LogP contribution is 2.46. The van der Waals surface area contributed by atoms with E-state index in [2.05, 4.69) is 17.1 Å². The molecule has 4 heteroatoms. The first-order valence-electron chi connectivity index (χ1n) is 6.69. The number of nitrogen functional groups attached to an aromatic ring is 1. The Bertz CT molecular complexity index is 587. The van der Waals surface area contributed by atoms with E-state index in [4.69, 9.17) is 10.5 Å². The van der Waals surface area contributed by atoms with Crippen LogP contribution in [0.3, 0.4) is 0 Å². The zero-order valence-corrected chi connectivity index (χ0v) is 11.3. The van der Waals surface area contributed by atoms with Gasteiger partial charge in [0.15, 0.2) is 5.82 Å². The van der Waals surface area contributed by atoms with Crippen LogP contribution in [0.2, 0.25) is 0 Å². The maximum absolute atomic E-state index is 6.06. The summed E-state index contributed by atoms with van der Waals surface area (Å²) < 4.78 is 5.44. The lowest BCUT2D eigenvalue weighted by atomic mass is 9.94. The second-order valence-corrected chi connectivity index (χ2v) is 5.22. The van der Waals surface area contributed by atoms with Crippen LogP contribution in [0.5, 0.6) is 5.75 Å². The van der Waals surface area contributed by atoms with Gasteiger partial charge in [0, 0.05) is 17.2 Å². The zero-order valence-electron chi connectivity index (χ0n) is 11.3. The number of aromatic amines is 1. The molecule has 0 bridgehead atoms. The number of nitrogens with one attached hydrogen (secondary N) is 1. The number of benzene rings is 1. The van der Waals surface area contributed by atoms with E-state index in [0.29, 0.717) is 11.7 Å². The summed E-state index contributed by atoms with van der Waals surface area (Å²) in [6.45, 7) is 2.24. The SMILES string of the molecule is COc1ccccc1-c1c(N)n[nH]c1C(C)C1CC1. The van der Waals surface area contributed by atoms with E-state index in [1.807, 2.05) is 24.3 Å². The summed E-state index contributed by atoms with van der Waals surface area (Å²) >= 11 is 0. The van der Waals surface area contributed by atoms with Gasteiger partial charge in [-0.05, 0) is 24.8 Å². The molecule has 3 rings (SSSR count). The molecule has 2 aromatic rings. The van der Waals surface area contributed by atoms with Crippen LogP contribution >= 0.6 is 0 Å². The quantitative estimate of drug-likeness (QED) is 0.884. The molecule has 0 amide bonds. The number of ether oxygens (including phenoxy) is 1. The lowest BCUT2D eigenvalue weighted by Crippen LogP contribution is -2.00. The average Bonchev–Trinajstić information content (AvgIpc) is 3.21. The topological polar surface area (TPSA) is 63.9 Å². The minimum absolute atomic E-state index is 0.463. The Hall–Kier alpha value is -1.97. The number of methoxy groups -OCH3 is 1.